The van der Waals surface area contributed by atoms with Gasteiger partial charge < -0.3 is 0 Å². The topological polar surface area (TPSA) is 38.0 Å². The zero-order chi connectivity index (χ0) is 14.9. The first-order chi connectivity index (χ1) is 9.45. The average molecular weight is 409 g/mol. The third kappa shape index (κ3) is 2.95. The Balaban J connectivity index is 2.58. The second kappa shape index (κ2) is 6.34. The Morgan fingerprint density at radius 1 is 1.15 bits per heavy atom. The van der Waals surface area contributed by atoms with Gasteiger partial charge in [0.05, 0.1) is 6.04 Å². The molecule has 0 aliphatic rings. The molecule has 2 aromatic carbocycles. The van der Waals surface area contributed by atoms with Crippen LogP contribution in [-0.4, -0.2) is 0 Å². The second-order valence-electron chi connectivity index (χ2n) is 4.37. The first kappa shape index (κ1) is 15.6. The van der Waals surface area contributed by atoms with Crippen LogP contribution in [0, 0.1) is 22.1 Å². The maximum atomic E-state index is 14.1. The lowest BCUT2D eigenvalue weighted by Gasteiger charge is -2.20. The normalized spacial score (nSPS) is 12.5. The molecular weight excluding hydrogens is 397 g/mol. The van der Waals surface area contributed by atoms with E-state index in [1.54, 1.807) is 18.2 Å². The molecule has 6 heteroatoms. The molecule has 0 aliphatic carbocycles. The fraction of sp³-hybridized carbons (Fsp3) is 0.143. The molecule has 0 heterocycles. The van der Waals surface area contributed by atoms with Crippen LogP contribution >= 0.6 is 34.2 Å². The largest absolute Gasteiger partial charge is 0.271 e. The summed E-state index contributed by atoms with van der Waals surface area (Å²) in [4.78, 5) is 0. The quantitative estimate of drug-likeness (QED) is 0.456. The molecule has 0 fully saturated rings. The predicted molar refractivity (Wildman–Crippen MR) is 84.4 cm³/mol. The molecule has 3 N–H and O–H groups in total. The van der Waals surface area contributed by atoms with Crippen LogP contribution in [0.2, 0.25) is 5.02 Å². The van der Waals surface area contributed by atoms with E-state index >= 15 is 0 Å². The molecule has 0 aliphatic heterocycles. The zero-order valence-electron chi connectivity index (χ0n) is 10.6. The predicted octanol–water partition coefficient (Wildman–Crippen LogP) is 4.08. The Hall–Kier alpha value is -0.760. The Morgan fingerprint density at radius 2 is 1.85 bits per heavy atom. The van der Waals surface area contributed by atoms with E-state index in [0.717, 1.165) is 3.57 Å². The molecule has 2 nitrogen and oxygen atoms in total. The monoisotopic (exact) mass is 408 g/mol. The number of hydrogen-bond acceptors (Lipinski definition) is 2. The molecule has 1 atom stereocenters. The van der Waals surface area contributed by atoms with Gasteiger partial charge in [0, 0.05) is 14.2 Å². The van der Waals surface area contributed by atoms with Crippen LogP contribution in [-0.2, 0) is 0 Å². The lowest BCUT2D eigenvalue weighted by atomic mass is 9.97. The first-order valence-electron chi connectivity index (χ1n) is 5.81. The summed E-state index contributed by atoms with van der Waals surface area (Å²) in [5, 5.41) is 0.508. The molecule has 0 bridgehead atoms. The first-order valence-corrected chi connectivity index (χ1v) is 7.27. The molecular formula is C14H12ClF2IN2. The van der Waals surface area contributed by atoms with E-state index in [1.807, 2.05) is 0 Å². The molecule has 0 spiro atoms. The van der Waals surface area contributed by atoms with Gasteiger partial charge in [0.15, 0.2) is 11.6 Å². The molecule has 0 radical (unpaired) electrons. The van der Waals surface area contributed by atoms with Crippen LogP contribution in [0.25, 0.3) is 0 Å². The van der Waals surface area contributed by atoms with E-state index in [2.05, 4.69) is 28.0 Å². The van der Waals surface area contributed by atoms with E-state index in [9.17, 15) is 8.78 Å². The highest BCUT2D eigenvalue weighted by atomic mass is 127. The van der Waals surface area contributed by atoms with Crippen LogP contribution in [0.3, 0.4) is 0 Å². The van der Waals surface area contributed by atoms with Crippen molar-refractivity contribution in [3.05, 3.63) is 67.2 Å². The fourth-order valence-corrected chi connectivity index (χ4v) is 2.79. The standard InChI is InChI=1S/C14H12ClF2IN2/c1-7-2-4-9(13(17)12(7)16)14(20-19)10-6-8(15)3-5-11(10)18/h2-6,14,20H,19H2,1H3. The number of nitrogens with one attached hydrogen (secondary N) is 1. The van der Waals surface area contributed by atoms with Gasteiger partial charge >= 0.3 is 0 Å². The van der Waals surface area contributed by atoms with Crippen molar-refractivity contribution in [3.63, 3.8) is 0 Å². The molecule has 1 unspecified atom stereocenters. The van der Waals surface area contributed by atoms with Crippen LogP contribution in [0.15, 0.2) is 30.3 Å². The van der Waals surface area contributed by atoms with Crippen LogP contribution < -0.4 is 11.3 Å². The summed E-state index contributed by atoms with van der Waals surface area (Å²) in [7, 11) is 0. The minimum Gasteiger partial charge on any atom is -0.271 e. The molecule has 106 valence electrons. The van der Waals surface area contributed by atoms with Gasteiger partial charge in [-0.2, -0.15) is 0 Å². The number of hydrazine groups is 1. The molecule has 20 heavy (non-hydrogen) atoms. The Labute approximate surface area is 134 Å². The van der Waals surface area contributed by atoms with E-state index in [1.165, 1.54) is 19.1 Å². The molecule has 2 aromatic rings. The van der Waals surface area contributed by atoms with Gasteiger partial charge in [-0.3, -0.25) is 5.84 Å². The van der Waals surface area contributed by atoms with Crippen LogP contribution in [0.4, 0.5) is 8.78 Å². The SMILES string of the molecule is Cc1ccc(C(NN)c2cc(Cl)ccc2I)c(F)c1F. The summed E-state index contributed by atoms with van der Waals surface area (Å²) in [6.07, 6.45) is 0. The summed E-state index contributed by atoms with van der Waals surface area (Å²) >= 11 is 8.06. The smallest absolute Gasteiger partial charge is 0.164 e. The number of aryl methyl sites for hydroxylation is 1. The number of rotatable bonds is 3. The Kier molecular flexibility index (Phi) is 4.95. The minimum absolute atomic E-state index is 0.149. The fourth-order valence-electron chi connectivity index (χ4n) is 1.97. The lowest BCUT2D eigenvalue weighted by molar-refractivity contribution is 0.478. The lowest BCUT2D eigenvalue weighted by Crippen LogP contribution is -2.30. The minimum atomic E-state index is -0.899. The highest BCUT2D eigenvalue weighted by Crippen LogP contribution is 2.31. The number of nitrogens with two attached hydrogens (primary N) is 1. The highest BCUT2D eigenvalue weighted by molar-refractivity contribution is 14.1. The van der Waals surface area contributed by atoms with Crippen LogP contribution in [0.5, 0.6) is 0 Å². The van der Waals surface area contributed by atoms with E-state index in [0.29, 0.717) is 10.6 Å². The van der Waals surface area contributed by atoms with Crippen molar-refractivity contribution in [3.8, 4) is 0 Å². The van der Waals surface area contributed by atoms with Gasteiger partial charge in [0.25, 0.3) is 0 Å². The summed E-state index contributed by atoms with van der Waals surface area (Å²) in [5.74, 6) is 3.77. The Bertz CT molecular complexity index is 649. The summed E-state index contributed by atoms with van der Waals surface area (Å²) < 4.78 is 28.7. The van der Waals surface area contributed by atoms with Gasteiger partial charge in [-0.15, -0.1) is 0 Å². The van der Waals surface area contributed by atoms with Gasteiger partial charge in [-0.25, -0.2) is 14.2 Å². The van der Waals surface area contributed by atoms with E-state index in [4.69, 9.17) is 17.4 Å². The maximum Gasteiger partial charge on any atom is 0.164 e. The molecule has 0 aromatic heterocycles. The number of benzene rings is 2. The third-order valence-electron chi connectivity index (χ3n) is 3.05. The number of hydrogen-bond donors (Lipinski definition) is 2. The van der Waals surface area contributed by atoms with Gasteiger partial charge in [0.1, 0.15) is 0 Å². The molecule has 0 saturated heterocycles. The van der Waals surface area contributed by atoms with Gasteiger partial charge in [0.2, 0.25) is 0 Å². The highest BCUT2D eigenvalue weighted by Gasteiger charge is 2.22. The Morgan fingerprint density at radius 3 is 2.50 bits per heavy atom. The van der Waals surface area contributed by atoms with Crippen molar-refractivity contribution in [1.82, 2.24) is 5.43 Å². The van der Waals surface area contributed by atoms with Crippen molar-refractivity contribution in [1.29, 1.82) is 0 Å². The molecule has 2 rings (SSSR count). The molecule has 0 amide bonds. The van der Waals surface area contributed by atoms with Crippen LogP contribution in [0.1, 0.15) is 22.7 Å². The van der Waals surface area contributed by atoms with Crippen molar-refractivity contribution >= 4 is 34.2 Å². The summed E-state index contributed by atoms with van der Waals surface area (Å²) in [6.45, 7) is 1.51. The third-order valence-corrected chi connectivity index (χ3v) is 4.27. The second-order valence-corrected chi connectivity index (χ2v) is 5.96. The van der Waals surface area contributed by atoms with Crippen molar-refractivity contribution in [2.45, 2.75) is 13.0 Å². The van der Waals surface area contributed by atoms with E-state index < -0.39 is 17.7 Å². The maximum absolute atomic E-state index is 14.1. The van der Waals surface area contributed by atoms with Crippen molar-refractivity contribution in [2.75, 3.05) is 0 Å². The van der Waals surface area contributed by atoms with Crippen molar-refractivity contribution < 1.29 is 8.78 Å². The van der Waals surface area contributed by atoms with Gasteiger partial charge in [-0.1, -0.05) is 23.7 Å². The average Bonchev–Trinajstić information content (AvgIpc) is 2.43. The summed E-state index contributed by atoms with van der Waals surface area (Å²) in [6, 6.07) is 7.59. The van der Waals surface area contributed by atoms with Crippen molar-refractivity contribution in [2.24, 2.45) is 5.84 Å². The zero-order valence-corrected chi connectivity index (χ0v) is 13.5. The van der Waals surface area contributed by atoms with E-state index in [-0.39, 0.29) is 11.1 Å². The number of halogens is 4. The molecule has 0 saturated carbocycles. The van der Waals surface area contributed by atoms with Gasteiger partial charge in [-0.05, 0) is 58.8 Å². The summed E-state index contributed by atoms with van der Waals surface area (Å²) in [5.41, 5.74) is 3.62.